The van der Waals surface area contributed by atoms with Gasteiger partial charge in [0.05, 0.1) is 12.7 Å². The smallest absolute Gasteiger partial charge is 0.0692 e. The summed E-state index contributed by atoms with van der Waals surface area (Å²) in [6.45, 7) is 10.1. The van der Waals surface area contributed by atoms with Crippen molar-refractivity contribution in [1.82, 2.24) is 25.2 Å². The Kier molecular flexibility index (Phi) is 5.13. The van der Waals surface area contributed by atoms with Gasteiger partial charge in [-0.15, -0.1) is 5.10 Å². The summed E-state index contributed by atoms with van der Waals surface area (Å²) in [5, 5.41) is 11.4. The fourth-order valence-corrected chi connectivity index (χ4v) is 2.71. The number of likely N-dealkylation sites (tertiary alicyclic amines) is 1. The molecule has 0 bridgehead atoms. The van der Waals surface area contributed by atoms with E-state index in [2.05, 4.69) is 34.4 Å². The Bertz CT molecular complexity index is 324. The minimum Gasteiger partial charge on any atom is -0.312 e. The maximum absolute atomic E-state index is 3.97. The number of rotatable bonds is 6. The van der Waals surface area contributed by atoms with Crippen LogP contribution in [0.4, 0.5) is 0 Å². The molecule has 1 aliphatic rings. The molecule has 2 rings (SSSR count). The molecule has 1 aromatic heterocycles. The highest BCUT2D eigenvalue weighted by Gasteiger charge is 2.23. The lowest BCUT2D eigenvalue weighted by Gasteiger charge is -2.35. The molecule has 1 saturated heterocycles. The molecule has 5 heteroatoms. The van der Waals surface area contributed by atoms with E-state index in [1.807, 2.05) is 10.9 Å². The van der Waals surface area contributed by atoms with Crippen molar-refractivity contribution in [2.24, 2.45) is 5.92 Å². The van der Waals surface area contributed by atoms with Gasteiger partial charge in [0.15, 0.2) is 0 Å². The summed E-state index contributed by atoms with van der Waals surface area (Å²) in [7, 11) is 0. The van der Waals surface area contributed by atoms with E-state index in [0.29, 0.717) is 6.04 Å². The van der Waals surface area contributed by atoms with Gasteiger partial charge in [-0.2, -0.15) is 0 Å². The van der Waals surface area contributed by atoms with E-state index in [9.17, 15) is 0 Å². The van der Waals surface area contributed by atoms with E-state index in [1.54, 1.807) is 6.20 Å². The van der Waals surface area contributed by atoms with E-state index >= 15 is 0 Å². The van der Waals surface area contributed by atoms with Crippen molar-refractivity contribution in [3.05, 3.63) is 12.4 Å². The second-order valence-electron chi connectivity index (χ2n) is 5.20. The second-order valence-corrected chi connectivity index (χ2v) is 5.20. The van der Waals surface area contributed by atoms with Crippen LogP contribution in [-0.2, 0) is 6.54 Å². The van der Waals surface area contributed by atoms with Gasteiger partial charge in [-0.05, 0) is 38.8 Å². The van der Waals surface area contributed by atoms with Crippen molar-refractivity contribution in [1.29, 1.82) is 0 Å². The van der Waals surface area contributed by atoms with Crippen LogP contribution in [0.1, 0.15) is 26.7 Å². The minimum absolute atomic E-state index is 0.586. The van der Waals surface area contributed by atoms with Crippen LogP contribution in [0.3, 0.4) is 0 Å². The fourth-order valence-electron chi connectivity index (χ4n) is 2.71. The van der Waals surface area contributed by atoms with Crippen LogP contribution >= 0.6 is 0 Å². The molecule has 2 heterocycles. The van der Waals surface area contributed by atoms with E-state index < -0.39 is 0 Å². The molecule has 0 radical (unpaired) electrons. The zero-order chi connectivity index (χ0) is 12.8. The Morgan fingerprint density at radius 2 is 2.39 bits per heavy atom. The van der Waals surface area contributed by atoms with Gasteiger partial charge in [0.25, 0.3) is 0 Å². The predicted molar refractivity (Wildman–Crippen MR) is 72.3 cm³/mol. The van der Waals surface area contributed by atoms with Crippen LogP contribution in [0.2, 0.25) is 0 Å². The summed E-state index contributed by atoms with van der Waals surface area (Å²) in [6.07, 6.45) is 6.33. The largest absolute Gasteiger partial charge is 0.312 e. The van der Waals surface area contributed by atoms with Crippen LogP contribution in [0.15, 0.2) is 12.4 Å². The number of nitrogens with one attached hydrogen (secondary N) is 1. The van der Waals surface area contributed by atoms with Gasteiger partial charge in [-0.25, -0.2) is 0 Å². The van der Waals surface area contributed by atoms with E-state index in [-0.39, 0.29) is 0 Å². The Labute approximate surface area is 110 Å². The van der Waals surface area contributed by atoms with Crippen LogP contribution in [0.5, 0.6) is 0 Å². The zero-order valence-corrected chi connectivity index (χ0v) is 11.5. The lowest BCUT2D eigenvalue weighted by Crippen LogP contribution is -2.45. The molecule has 1 N–H and O–H groups in total. The summed E-state index contributed by atoms with van der Waals surface area (Å²) < 4.78 is 1.87. The third-order valence-electron chi connectivity index (χ3n) is 3.98. The molecule has 102 valence electrons. The molecule has 0 spiro atoms. The molecular weight excluding hydrogens is 226 g/mol. The lowest BCUT2D eigenvalue weighted by atomic mass is 9.91. The maximum Gasteiger partial charge on any atom is 0.0692 e. The molecule has 0 saturated carbocycles. The van der Waals surface area contributed by atoms with Crippen molar-refractivity contribution in [3.63, 3.8) is 0 Å². The van der Waals surface area contributed by atoms with Gasteiger partial charge in [0.1, 0.15) is 0 Å². The molecule has 2 atom stereocenters. The van der Waals surface area contributed by atoms with Gasteiger partial charge >= 0.3 is 0 Å². The molecule has 2 unspecified atom stereocenters. The number of nitrogens with zero attached hydrogens (tertiary/aromatic N) is 4. The maximum atomic E-state index is 3.97. The first-order valence-electron chi connectivity index (χ1n) is 7.09. The van der Waals surface area contributed by atoms with Crippen LogP contribution in [0, 0.1) is 5.92 Å². The van der Waals surface area contributed by atoms with Crippen LogP contribution in [-0.4, -0.2) is 52.1 Å². The SMILES string of the molecule is CCN1CCCC(C(C)NCCn2ccnn2)C1. The summed E-state index contributed by atoms with van der Waals surface area (Å²) in [4.78, 5) is 2.56. The minimum atomic E-state index is 0.586. The van der Waals surface area contributed by atoms with E-state index in [4.69, 9.17) is 0 Å². The first-order valence-corrected chi connectivity index (χ1v) is 7.09. The molecule has 1 aromatic rings. The molecular formula is C13H25N5. The highest BCUT2D eigenvalue weighted by Crippen LogP contribution is 2.19. The summed E-state index contributed by atoms with van der Waals surface area (Å²) >= 11 is 0. The van der Waals surface area contributed by atoms with Gasteiger partial charge in [0, 0.05) is 25.3 Å². The molecule has 1 fully saturated rings. The molecule has 5 nitrogen and oxygen atoms in total. The monoisotopic (exact) mass is 251 g/mol. The van der Waals surface area contributed by atoms with Crippen LogP contribution in [0.25, 0.3) is 0 Å². The molecule has 0 aliphatic carbocycles. The highest BCUT2D eigenvalue weighted by molar-refractivity contribution is 4.80. The quantitative estimate of drug-likeness (QED) is 0.819. The van der Waals surface area contributed by atoms with Crippen LogP contribution < -0.4 is 5.32 Å². The van der Waals surface area contributed by atoms with Gasteiger partial charge in [-0.3, -0.25) is 4.68 Å². The number of aromatic nitrogens is 3. The third kappa shape index (κ3) is 3.78. The molecule has 18 heavy (non-hydrogen) atoms. The Balaban J connectivity index is 1.68. The topological polar surface area (TPSA) is 46.0 Å². The lowest BCUT2D eigenvalue weighted by molar-refractivity contribution is 0.157. The van der Waals surface area contributed by atoms with Crippen molar-refractivity contribution in [2.75, 3.05) is 26.2 Å². The molecule has 0 amide bonds. The van der Waals surface area contributed by atoms with E-state index in [1.165, 1.54) is 32.5 Å². The Morgan fingerprint density at radius 3 is 3.11 bits per heavy atom. The fraction of sp³-hybridized carbons (Fsp3) is 0.846. The standard InChI is InChI=1S/C13H25N5/c1-3-17-8-4-5-13(11-17)12(2)14-6-9-18-10-7-15-16-18/h7,10,12-14H,3-6,8-9,11H2,1-2H3. The van der Waals surface area contributed by atoms with Crippen molar-refractivity contribution < 1.29 is 0 Å². The summed E-state index contributed by atoms with van der Waals surface area (Å²) in [5.74, 6) is 0.787. The highest BCUT2D eigenvalue weighted by atomic mass is 15.4. The molecule has 1 aliphatic heterocycles. The third-order valence-corrected chi connectivity index (χ3v) is 3.98. The summed E-state index contributed by atoms with van der Waals surface area (Å²) in [6, 6.07) is 0.586. The van der Waals surface area contributed by atoms with Crippen molar-refractivity contribution >= 4 is 0 Å². The Morgan fingerprint density at radius 1 is 1.50 bits per heavy atom. The number of hydrogen-bond donors (Lipinski definition) is 1. The molecule has 0 aromatic carbocycles. The normalized spacial score (nSPS) is 23.1. The first-order chi connectivity index (χ1) is 8.79. The predicted octanol–water partition coefficient (Wildman–Crippen LogP) is 0.988. The number of piperidine rings is 1. The van der Waals surface area contributed by atoms with Gasteiger partial charge in [0.2, 0.25) is 0 Å². The average Bonchev–Trinajstić information content (AvgIpc) is 2.92. The van der Waals surface area contributed by atoms with Crippen molar-refractivity contribution in [2.45, 2.75) is 39.3 Å². The van der Waals surface area contributed by atoms with Gasteiger partial charge in [-0.1, -0.05) is 12.1 Å². The zero-order valence-electron chi connectivity index (χ0n) is 11.5. The number of hydrogen-bond acceptors (Lipinski definition) is 4. The Hall–Kier alpha value is -0.940. The van der Waals surface area contributed by atoms with Gasteiger partial charge < -0.3 is 10.2 Å². The van der Waals surface area contributed by atoms with Crippen molar-refractivity contribution in [3.8, 4) is 0 Å². The van der Waals surface area contributed by atoms with E-state index in [0.717, 1.165) is 19.0 Å². The average molecular weight is 251 g/mol. The second kappa shape index (κ2) is 6.85. The first kappa shape index (κ1) is 13.5. The summed E-state index contributed by atoms with van der Waals surface area (Å²) in [5.41, 5.74) is 0.